The van der Waals surface area contributed by atoms with E-state index in [1.54, 1.807) is 13.2 Å². The molecule has 0 spiro atoms. The smallest absolute Gasteiger partial charge is 0.273 e. The van der Waals surface area contributed by atoms with Gasteiger partial charge in [-0.2, -0.15) is 5.10 Å². The van der Waals surface area contributed by atoms with E-state index in [0.717, 1.165) is 53.8 Å². The number of fused-ring (bicyclic) bond motifs is 1. The summed E-state index contributed by atoms with van der Waals surface area (Å²) >= 11 is 0. The number of carbonyl (C=O) groups excluding carboxylic acids is 1. The fraction of sp³-hybridized carbons (Fsp3) is 0.333. The number of rotatable bonds is 4. The van der Waals surface area contributed by atoms with Crippen LogP contribution in [0.5, 0.6) is 5.75 Å². The summed E-state index contributed by atoms with van der Waals surface area (Å²) in [5.41, 5.74) is 3.76. The van der Waals surface area contributed by atoms with Crippen LogP contribution in [-0.4, -0.2) is 34.2 Å². The lowest BCUT2D eigenvalue weighted by atomic mass is 9.91. The predicted molar refractivity (Wildman–Crippen MR) is 112 cm³/mol. The summed E-state index contributed by atoms with van der Waals surface area (Å²) in [6.07, 6.45) is 5.39. The molecule has 3 aromatic rings. The monoisotopic (exact) mass is 405 g/mol. The van der Waals surface area contributed by atoms with Crippen LogP contribution in [0.15, 0.2) is 48.5 Å². The average molecular weight is 405 g/mol. The molecular formula is C24H24FN3O2. The topological polar surface area (TPSA) is 58.2 Å². The molecule has 6 heteroatoms. The largest absolute Gasteiger partial charge is 0.497 e. The number of hydrogen-bond acceptors (Lipinski definition) is 3. The number of nitrogens with zero attached hydrogens (tertiary/aromatic N) is 2. The molecule has 1 aromatic heterocycles. The summed E-state index contributed by atoms with van der Waals surface area (Å²) in [7, 11) is 1.63. The number of hydrogen-bond donors (Lipinski definition) is 1. The Morgan fingerprint density at radius 1 is 1.10 bits per heavy atom. The van der Waals surface area contributed by atoms with Crippen molar-refractivity contribution in [2.24, 2.45) is 0 Å². The van der Waals surface area contributed by atoms with Gasteiger partial charge in [-0.1, -0.05) is 31.4 Å². The van der Waals surface area contributed by atoms with Gasteiger partial charge in [0.25, 0.3) is 5.91 Å². The van der Waals surface area contributed by atoms with Crippen molar-refractivity contribution >= 4 is 5.91 Å². The first-order valence-corrected chi connectivity index (χ1v) is 10.5. The van der Waals surface area contributed by atoms with Crippen LogP contribution in [0.4, 0.5) is 4.39 Å². The molecule has 0 bridgehead atoms. The molecule has 1 fully saturated rings. The molecule has 2 aromatic carbocycles. The van der Waals surface area contributed by atoms with Crippen molar-refractivity contribution < 1.29 is 13.9 Å². The second-order valence-corrected chi connectivity index (χ2v) is 8.05. The van der Waals surface area contributed by atoms with E-state index in [4.69, 9.17) is 4.74 Å². The SMILES string of the molecule is COc1ccc(-c2n[nH]c3c2C(c2cccc(F)c2)N(C2CCCCC2)C3=O)cc1. The Hall–Kier alpha value is -3.15. The van der Waals surface area contributed by atoms with Gasteiger partial charge in [0, 0.05) is 17.2 Å². The maximum absolute atomic E-state index is 14.2. The molecule has 154 valence electrons. The summed E-state index contributed by atoms with van der Waals surface area (Å²) in [6.45, 7) is 0. The van der Waals surface area contributed by atoms with Gasteiger partial charge in [-0.3, -0.25) is 9.89 Å². The minimum atomic E-state index is -0.345. The van der Waals surface area contributed by atoms with Crippen molar-refractivity contribution in [2.45, 2.75) is 44.2 Å². The summed E-state index contributed by atoms with van der Waals surface area (Å²) in [4.78, 5) is 15.4. The highest BCUT2D eigenvalue weighted by molar-refractivity contribution is 6.00. The number of carbonyl (C=O) groups is 1. The normalized spacial score (nSPS) is 19.2. The fourth-order valence-corrected chi connectivity index (χ4v) is 4.87. The standard InChI is InChI=1S/C24H24FN3O2/c1-30-19-12-10-15(11-13-19)21-20-22(27-26-21)24(29)28(18-8-3-2-4-9-18)23(20)16-6-5-7-17(25)14-16/h5-7,10-14,18,23H,2-4,8-9H2,1H3,(H,26,27). The lowest BCUT2D eigenvalue weighted by molar-refractivity contribution is 0.0606. The van der Waals surface area contributed by atoms with Gasteiger partial charge in [0.1, 0.15) is 17.3 Å². The highest BCUT2D eigenvalue weighted by Gasteiger charge is 2.45. The van der Waals surface area contributed by atoms with E-state index >= 15 is 0 Å². The van der Waals surface area contributed by atoms with Gasteiger partial charge >= 0.3 is 0 Å². The molecular weight excluding hydrogens is 381 g/mol. The van der Waals surface area contributed by atoms with Crippen LogP contribution in [0.3, 0.4) is 0 Å². The number of benzene rings is 2. The Bertz CT molecular complexity index is 1070. The van der Waals surface area contributed by atoms with Crippen molar-refractivity contribution in [3.05, 3.63) is 71.2 Å². The minimum Gasteiger partial charge on any atom is -0.497 e. The second kappa shape index (κ2) is 7.59. The van der Waals surface area contributed by atoms with Gasteiger partial charge in [0.05, 0.1) is 18.8 Å². The second-order valence-electron chi connectivity index (χ2n) is 8.05. The number of halogens is 1. The molecule has 5 rings (SSSR count). The van der Waals surface area contributed by atoms with Crippen molar-refractivity contribution in [1.82, 2.24) is 15.1 Å². The third kappa shape index (κ3) is 3.07. The third-order valence-corrected chi connectivity index (χ3v) is 6.30. The van der Waals surface area contributed by atoms with E-state index in [-0.39, 0.29) is 23.8 Å². The predicted octanol–water partition coefficient (Wildman–Crippen LogP) is 5.10. The molecule has 2 heterocycles. The summed E-state index contributed by atoms with van der Waals surface area (Å²) < 4.78 is 19.4. The van der Waals surface area contributed by atoms with Gasteiger partial charge in [-0.05, 0) is 54.8 Å². The molecule has 5 nitrogen and oxygen atoms in total. The van der Waals surface area contributed by atoms with Gasteiger partial charge < -0.3 is 9.64 Å². The molecule has 1 unspecified atom stereocenters. The van der Waals surface area contributed by atoms with Gasteiger partial charge in [0.2, 0.25) is 0 Å². The number of amides is 1. The molecule has 1 N–H and O–H groups in total. The molecule has 0 radical (unpaired) electrons. The van der Waals surface area contributed by atoms with Crippen LogP contribution in [0, 0.1) is 5.82 Å². The minimum absolute atomic E-state index is 0.0431. The zero-order chi connectivity index (χ0) is 20.7. The van der Waals surface area contributed by atoms with Crippen LogP contribution in [0.2, 0.25) is 0 Å². The summed E-state index contributed by atoms with van der Waals surface area (Å²) in [5.74, 6) is 0.414. The van der Waals surface area contributed by atoms with Crippen LogP contribution in [-0.2, 0) is 0 Å². The van der Waals surface area contributed by atoms with Crippen LogP contribution in [0.1, 0.15) is 59.8 Å². The molecule has 1 amide bonds. The zero-order valence-electron chi connectivity index (χ0n) is 16.9. The first-order valence-electron chi connectivity index (χ1n) is 10.5. The van der Waals surface area contributed by atoms with Crippen molar-refractivity contribution in [3.8, 4) is 17.0 Å². The lowest BCUT2D eigenvalue weighted by Crippen LogP contribution is -2.40. The Kier molecular flexibility index (Phi) is 4.77. The maximum Gasteiger partial charge on any atom is 0.273 e. The highest BCUT2D eigenvalue weighted by atomic mass is 19.1. The summed E-state index contributed by atoms with van der Waals surface area (Å²) in [5, 5.41) is 7.46. The van der Waals surface area contributed by atoms with Crippen molar-refractivity contribution in [1.29, 1.82) is 0 Å². The average Bonchev–Trinajstić information content (AvgIpc) is 3.33. The molecule has 1 atom stereocenters. The number of methoxy groups -OCH3 is 1. The van der Waals surface area contributed by atoms with Crippen LogP contribution in [0.25, 0.3) is 11.3 Å². The zero-order valence-corrected chi connectivity index (χ0v) is 16.9. The van der Waals surface area contributed by atoms with E-state index < -0.39 is 0 Å². The number of aromatic amines is 1. The maximum atomic E-state index is 14.2. The Morgan fingerprint density at radius 2 is 1.87 bits per heavy atom. The van der Waals surface area contributed by atoms with E-state index in [2.05, 4.69) is 10.2 Å². The van der Waals surface area contributed by atoms with E-state index in [0.29, 0.717) is 5.69 Å². The molecule has 30 heavy (non-hydrogen) atoms. The van der Waals surface area contributed by atoms with E-state index in [1.807, 2.05) is 35.2 Å². The quantitative estimate of drug-likeness (QED) is 0.657. The van der Waals surface area contributed by atoms with Crippen molar-refractivity contribution in [3.63, 3.8) is 0 Å². The van der Waals surface area contributed by atoms with Gasteiger partial charge in [-0.25, -0.2) is 4.39 Å². The number of nitrogens with one attached hydrogen (secondary N) is 1. The first-order chi connectivity index (χ1) is 14.7. The molecule has 2 aliphatic rings. The Balaban J connectivity index is 1.64. The number of aromatic nitrogens is 2. The van der Waals surface area contributed by atoms with E-state index in [9.17, 15) is 9.18 Å². The Morgan fingerprint density at radius 3 is 2.57 bits per heavy atom. The highest BCUT2D eigenvalue weighted by Crippen LogP contribution is 2.45. The van der Waals surface area contributed by atoms with Gasteiger partial charge in [0.15, 0.2) is 0 Å². The van der Waals surface area contributed by atoms with E-state index in [1.165, 1.54) is 18.6 Å². The molecule has 1 saturated carbocycles. The molecule has 1 aliphatic carbocycles. The fourth-order valence-electron chi connectivity index (χ4n) is 4.87. The van der Waals surface area contributed by atoms with Crippen LogP contribution >= 0.6 is 0 Å². The van der Waals surface area contributed by atoms with Crippen LogP contribution < -0.4 is 4.74 Å². The number of ether oxygens (including phenoxy) is 1. The molecule has 0 saturated heterocycles. The lowest BCUT2D eigenvalue weighted by Gasteiger charge is -2.36. The third-order valence-electron chi connectivity index (χ3n) is 6.30. The first kappa shape index (κ1) is 18.9. The summed E-state index contributed by atoms with van der Waals surface area (Å²) in [6, 6.07) is 14.0. The Labute approximate surface area is 174 Å². The van der Waals surface area contributed by atoms with Crippen molar-refractivity contribution in [2.75, 3.05) is 7.11 Å². The van der Waals surface area contributed by atoms with Gasteiger partial charge in [-0.15, -0.1) is 0 Å². The molecule has 1 aliphatic heterocycles. The number of H-pyrrole nitrogens is 1.